The number of aryl methyl sites for hydroxylation is 1. The molecule has 4 heteroatoms. The highest BCUT2D eigenvalue weighted by molar-refractivity contribution is 5.77. The van der Waals surface area contributed by atoms with Crippen LogP contribution in [-0.4, -0.2) is 19.1 Å². The van der Waals surface area contributed by atoms with Crippen LogP contribution in [0, 0.1) is 0 Å². The summed E-state index contributed by atoms with van der Waals surface area (Å²) < 4.78 is 5.68. The number of hydrogen-bond acceptors (Lipinski definition) is 3. The monoisotopic (exact) mass is 310 g/mol. The van der Waals surface area contributed by atoms with Crippen molar-refractivity contribution < 1.29 is 9.53 Å². The van der Waals surface area contributed by atoms with Gasteiger partial charge < -0.3 is 15.8 Å². The Balaban J connectivity index is 1.93. The third-order valence-electron chi connectivity index (χ3n) is 4.08. The molecule has 1 unspecified atom stereocenters. The van der Waals surface area contributed by atoms with E-state index in [2.05, 4.69) is 11.4 Å². The summed E-state index contributed by atoms with van der Waals surface area (Å²) in [5.41, 5.74) is 8.85. The molecule has 1 aliphatic heterocycles. The van der Waals surface area contributed by atoms with Gasteiger partial charge in [0.2, 0.25) is 5.91 Å². The average Bonchev–Trinajstić information content (AvgIpc) is 2.60. The Bertz CT molecular complexity index is 670. The number of benzene rings is 2. The second-order valence-corrected chi connectivity index (χ2v) is 5.77. The summed E-state index contributed by atoms with van der Waals surface area (Å²) in [5, 5.41) is 3.10. The van der Waals surface area contributed by atoms with E-state index in [0.717, 1.165) is 36.3 Å². The van der Waals surface area contributed by atoms with Crippen LogP contribution in [0.4, 0.5) is 0 Å². The van der Waals surface area contributed by atoms with Gasteiger partial charge >= 0.3 is 0 Å². The lowest BCUT2D eigenvalue weighted by Crippen LogP contribution is -2.30. The van der Waals surface area contributed by atoms with Crippen molar-refractivity contribution in [2.45, 2.75) is 25.3 Å². The molecule has 1 atom stereocenters. The molecule has 23 heavy (non-hydrogen) atoms. The summed E-state index contributed by atoms with van der Waals surface area (Å²) in [6.45, 7) is 1.13. The third-order valence-corrected chi connectivity index (χ3v) is 4.08. The van der Waals surface area contributed by atoms with Gasteiger partial charge in [0.05, 0.1) is 12.6 Å². The Morgan fingerprint density at radius 2 is 2.00 bits per heavy atom. The van der Waals surface area contributed by atoms with Gasteiger partial charge in [-0.2, -0.15) is 0 Å². The van der Waals surface area contributed by atoms with Gasteiger partial charge in [0.25, 0.3) is 0 Å². The molecule has 0 aliphatic carbocycles. The fraction of sp³-hybridized carbons (Fsp3) is 0.316. The lowest BCUT2D eigenvalue weighted by Gasteiger charge is -2.23. The van der Waals surface area contributed by atoms with Crippen LogP contribution in [0.25, 0.3) is 0 Å². The molecular weight excluding hydrogens is 288 g/mol. The first kappa shape index (κ1) is 15.6. The highest BCUT2D eigenvalue weighted by Crippen LogP contribution is 2.30. The molecule has 120 valence electrons. The molecule has 2 aromatic rings. The quantitative estimate of drug-likeness (QED) is 0.892. The van der Waals surface area contributed by atoms with Crippen molar-refractivity contribution in [3.05, 3.63) is 65.2 Å². The van der Waals surface area contributed by atoms with Gasteiger partial charge in [-0.1, -0.05) is 36.4 Å². The lowest BCUT2D eigenvalue weighted by atomic mass is 9.94. The molecule has 0 saturated carbocycles. The van der Waals surface area contributed by atoms with Crippen LogP contribution in [0.5, 0.6) is 5.75 Å². The van der Waals surface area contributed by atoms with Crippen LogP contribution in [0.2, 0.25) is 0 Å². The van der Waals surface area contributed by atoms with E-state index in [0.29, 0.717) is 13.0 Å². The Kier molecular flexibility index (Phi) is 4.93. The Morgan fingerprint density at radius 1 is 1.17 bits per heavy atom. The lowest BCUT2D eigenvalue weighted by molar-refractivity contribution is -0.121. The predicted molar refractivity (Wildman–Crippen MR) is 90.4 cm³/mol. The van der Waals surface area contributed by atoms with E-state index < -0.39 is 0 Å². The molecule has 0 radical (unpaired) electrons. The molecule has 0 bridgehead atoms. The average molecular weight is 310 g/mol. The zero-order valence-electron chi connectivity index (χ0n) is 13.1. The minimum atomic E-state index is -0.164. The van der Waals surface area contributed by atoms with Crippen LogP contribution in [-0.2, 0) is 11.2 Å². The minimum absolute atomic E-state index is 0.0321. The van der Waals surface area contributed by atoms with E-state index in [9.17, 15) is 4.79 Å². The summed E-state index contributed by atoms with van der Waals surface area (Å²) in [4.78, 5) is 12.1. The molecule has 1 heterocycles. The summed E-state index contributed by atoms with van der Waals surface area (Å²) in [6, 6.07) is 16.0. The van der Waals surface area contributed by atoms with Crippen LogP contribution in [0.1, 0.15) is 35.6 Å². The van der Waals surface area contributed by atoms with Crippen LogP contribution in [0.3, 0.4) is 0 Å². The molecule has 0 spiro atoms. The third kappa shape index (κ3) is 3.71. The largest absolute Gasteiger partial charge is 0.493 e. The second-order valence-electron chi connectivity index (χ2n) is 5.77. The number of nitrogens with two attached hydrogens (primary N) is 1. The van der Waals surface area contributed by atoms with Crippen LogP contribution in [0.15, 0.2) is 48.5 Å². The summed E-state index contributed by atoms with van der Waals surface area (Å²) in [7, 11) is 0. The van der Waals surface area contributed by atoms with Crippen LogP contribution < -0.4 is 15.8 Å². The number of carbonyl (C=O) groups is 1. The molecule has 4 nitrogen and oxygen atoms in total. The number of fused-ring (bicyclic) bond motifs is 1. The zero-order chi connectivity index (χ0) is 16.1. The van der Waals surface area contributed by atoms with Gasteiger partial charge in [-0.05, 0) is 41.7 Å². The number of ether oxygens (including phenoxy) is 1. The van der Waals surface area contributed by atoms with E-state index >= 15 is 0 Å². The van der Waals surface area contributed by atoms with Crippen LogP contribution >= 0.6 is 0 Å². The van der Waals surface area contributed by atoms with Gasteiger partial charge in [-0.3, -0.25) is 4.79 Å². The van der Waals surface area contributed by atoms with Crippen molar-refractivity contribution >= 4 is 5.91 Å². The standard InChI is InChI=1S/C19H22N2O2/c20-11-10-18(22)21-19(14-5-2-1-3-6-14)16-8-9-17-15(13-16)7-4-12-23-17/h1-3,5-6,8-9,13,19H,4,7,10-12,20H2,(H,21,22). The van der Waals surface area contributed by atoms with Crippen molar-refractivity contribution in [2.75, 3.05) is 13.2 Å². The summed E-state index contributed by atoms with van der Waals surface area (Å²) in [5.74, 6) is 0.926. The first-order valence-electron chi connectivity index (χ1n) is 8.08. The first-order chi connectivity index (χ1) is 11.3. The van der Waals surface area contributed by atoms with E-state index in [4.69, 9.17) is 10.5 Å². The summed E-state index contributed by atoms with van der Waals surface area (Å²) in [6.07, 6.45) is 2.38. The molecule has 0 aromatic heterocycles. The number of nitrogens with one attached hydrogen (secondary N) is 1. The van der Waals surface area contributed by atoms with E-state index in [-0.39, 0.29) is 11.9 Å². The number of rotatable bonds is 5. The smallest absolute Gasteiger partial charge is 0.222 e. The zero-order valence-corrected chi connectivity index (χ0v) is 13.1. The summed E-state index contributed by atoms with van der Waals surface area (Å²) >= 11 is 0. The number of carbonyl (C=O) groups excluding carboxylic acids is 1. The normalized spacial score (nSPS) is 14.5. The number of amides is 1. The molecule has 2 aromatic carbocycles. The maximum absolute atomic E-state index is 12.1. The van der Waals surface area contributed by atoms with Crippen molar-refractivity contribution in [3.63, 3.8) is 0 Å². The topological polar surface area (TPSA) is 64.4 Å². The van der Waals surface area contributed by atoms with Crippen molar-refractivity contribution in [3.8, 4) is 5.75 Å². The molecule has 0 fully saturated rings. The maximum atomic E-state index is 12.1. The fourth-order valence-electron chi connectivity index (χ4n) is 2.93. The maximum Gasteiger partial charge on any atom is 0.222 e. The fourth-order valence-corrected chi connectivity index (χ4v) is 2.93. The van der Waals surface area contributed by atoms with Gasteiger partial charge in [0.15, 0.2) is 0 Å². The van der Waals surface area contributed by atoms with E-state index in [1.54, 1.807) is 0 Å². The molecule has 0 saturated heterocycles. The van der Waals surface area contributed by atoms with Gasteiger partial charge in [-0.25, -0.2) is 0 Å². The molecular formula is C19H22N2O2. The van der Waals surface area contributed by atoms with Gasteiger partial charge in [0, 0.05) is 13.0 Å². The van der Waals surface area contributed by atoms with Gasteiger partial charge in [0.1, 0.15) is 5.75 Å². The number of hydrogen-bond donors (Lipinski definition) is 2. The highest BCUT2D eigenvalue weighted by atomic mass is 16.5. The van der Waals surface area contributed by atoms with Crippen molar-refractivity contribution in [1.29, 1.82) is 0 Å². The molecule has 1 amide bonds. The second kappa shape index (κ2) is 7.29. The Labute approximate surface area is 136 Å². The van der Waals surface area contributed by atoms with Gasteiger partial charge in [-0.15, -0.1) is 0 Å². The van der Waals surface area contributed by atoms with Crippen molar-refractivity contribution in [2.24, 2.45) is 5.73 Å². The van der Waals surface area contributed by atoms with E-state index in [1.165, 1.54) is 5.56 Å². The SMILES string of the molecule is NCCC(=O)NC(c1ccccc1)c1ccc2c(c1)CCCO2. The predicted octanol–water partition coefficient (Wildman–Crippen LogP) is 2.57. The Morgan fingerprint density at radius 3 is 2.78 bits per heavy atom. The minimum Gasteiger partial charge on any atom is -0.493 e. The van der Waals surface area contributed by atoms with E-state index in [1.807, 2.05) is 42.5 Å². The molecule has 3 N–H and O–H groups in total. The highest BCUT2D eigenvalue weighted by Gasteiger charge is 2.19. The molecule has 1 aliphatic rings. The van der Waals surface area contributed by atoms with Crippen molar-refractivity contribution in [1.82, 2.24) is 5.32 Å². The first-order valence-corrected chi connectivity index (χ1v) is 8.08. The molecule has 3 rings (SSSR count). The Hall–Kier alpha value is -2.33.